The van der Waals surface area contributed by atoms with Crippen LogP contribution in [0.2, 0.25) is 0 Å². The fraction of sp³-hybridized carbons (Fsp3) is 0.150. The molecule has 4 rings (SSSR count). The largest absolute Gasteiger partial charge is 0.417 e. The molecule has 31 heavy (non-hydrogen) atoms. The Morgan fingerprint density at radius 3 is 2.52 bits per heavy atom. The van der Waals surface area contributed by atoms with Gasteiger partial charge in [-0.2, -0.15) is 4.98 Å². The quantitative estimate of drug-likeness (QED) is 0.357. The first-order valence-electron chi connectivity index (χ1n) is 9.25. The second kappa shape index (κ2) is 7.76. The van der Waals surface area contributed by atoms with E-state index in [0.29, 0.717) is 39.9 Å². The fourth-order valence-corrected chi connectivity index (χ4v) is 3.55. The van der Waals surface area contributed by atoms with Gasteiger partial charge < -0.3 is 15.1 Å². The van der Waals surface area contributed by atoms with E-state index in [-0.39, 0.29) is 0 Å². The molecular weight excluding hydrogens is 420 g/mol. The van der Waals surface area contributed by atoms with Crippen LogP contribution in [0.1, 0.15) is 11.1 Å². The predicted octanol–water partition coefficient (Wildman–Crippen LogP) is 3.39. The number of hydrogen-bond donors (Lipinski definition) is 4. The number of rotatable bonds is 6. The first-order chi connectivity index (χ1) is 14.7. The highest BCUT2D eigenvalue weighted by molar-refractivity contribution is 7.92. The third kappa shape index (κ3) is 4.83. The molecule has 0 spiro atoms. The van der Waals surface area contributed by atoms with E-state index in [1.165, 1.54) is 0 Å². The molecule has 11 heteroatoms. The van der Waals surface area contributed by atoms with Crippen LogP contribution in [0.15, 0.2) is 51.8 Å². The Kier molecular flexibility index (Phi) is 5.11. The Bertz CT molecular complexity index is 1440. The number of hydrogen-bond acceptors (Lipinski definition) is 8. The van der Waals surface area contributed by atoms with Gasteiger partial charge in [0.1, 0.15) is 5.82 Å². The SMILES string of the molecule is Cc1ccc(Nc2ncc(C)c(Nc3ccc4[nH]c(=O)oc4c3)n2)cc1NS(C)(=O)=O. The molecule has 0 atom stereocenters. The van der Waals surface area contributed by atoms with Gasteiger partial charge in [-0.15, -0.1) is 0 Å². The van der Waals surface area contributed by atoms with Crippen molar-refractivity contribution >= 4 is 50.0 Å². The lowest BCUT2D eigenvalue weighted by Gasteiger charge is -2.13. The van der Waals surface area contributed by atoms with Crippen LogP contribution in [0.4, 0.5) is 28.8 Å². The lowest BCUT2D eigenvalue weighted by molar-refractivity contribution is 0.555. The minimum Gasteiger partial charge on any atom is -0.408 e. The van der Waals surface area contributed by atoms with E-state index >= 15 is 0 Å². The molecule has 0 radical (unpaired) electrons. The summed E-state index contributed by atoms with van der Waals surface area (Å²) >= 11 is 0. The van der Waals surface area contributed by atoms with Gasteiger partial charge in [0.15, 0.2) is 5.58 Å². The first kappa shape index (κ1) is 20.4. The molecule has 0 aliphatic rings. The average molecular weight is 440 g/mol. The van der Waals surface area contributed by atoms with Crippen molar-refractivity contribution in [3.63, 3.8) is 0 Å². The third-order valence-corrected chi connectivity index (χ3v) is 5.04. The van der Waals surface area contributed by atoms with Crippen molar-refractivity contribution in [1.82, 2.24) is 15.0 Å². The summed E-state index contributed by atoms with van der Waals surface area (Å²) in [5.74, 6) is 0.382. The maximum absolute atomic E-state index is 11.6. The Labute approximate surface area is 177 Å². The van der Waals surface area contributed by atoms with Crippen LogP contribution >= 0.6 is 0 Å². The number of nitrogens with one attached hydrogen (secondary N) is 4. The molecule has 0 bridgehead atoms. The molecule has 4 aromatic rings. The van der Waals surface area contributed by atoms with E-state index < -0.39 is 15.8 Å². The highest BCUT2D eigenvalue weighted by atomic mass is 32.2. The zero-order valence-corrected chi connectivity index (χ0v) is 17.8. The predicted molar refractivity (Wildman–Crippen MR) is 120 cm³/mol. The summed E-state index contributed by atoms with van der Waals surface area (Å²) in [6.45, 7) is 3.67. The number of fused-ring (bicyclic) bond motifs is 1. The van der Waals surface area contributed by atoms with Gasteiger partial charge in [0.2, 0.25) is 16.0 Å². The molecule has 2 aromatic heterocycles. The van der Waals surface area contributed by atoms with Gasteiger partial charge in [-0.25, -0.2) is 18.2 Å². The number of anilines is 5. The van der Waals surface area contributed by atoms with Gasteiger partial charge in [-0.1, -0.05) is 6.07 Å². The van der Waals surface area contributed by atoms with Crippen molar-refractivity contribution in [3.8, 4) is 0 Å². The molecule has 4 N–H and O–H groups in total. The van der Waals surface area contributed by atoms with Crippen LogP contribution in [-0.4, -0.2) is 29.6 Å². The minimum absolute atomic E-state index is 0.330. The number of aromatic amines is 1. The van der Waals surface area contributed by atoms with Crippen LogP contribution < -0.4 is 21.1 Å². The normalized spacial score (nSPS) is 11.5. The van der Waals surface area contributed by atoms with Crippen LogP contribution in [0.25, 0.3) is 11.1 Å². The number of sulfonamides is 1. The van der Waals surface area contributed by atoms with Gasteiger partial charge in [0.05, 0.1) is 17.5 Å². The van der Waals surface area contributed by atoms with Gasteiger partial charge in [0, 0.05) is 29.2 Å². The average Bonchev–Trinajstić information content (AvgIpc) is 3.05. The lowest BCUT2D eigenvalue weighted by Crippen LogP contribution is -2.11. The van der Waals surface area contributed by atoms with Crippen molar-refractivity contribution in [3.05, 3.63) is 64.3 Å². The molecule has 0 saturated heterocycles. The van der Waals surface area contributed by atoms with Crippen LogP contribution in [0.5, 0.6) is 0 Å². The maximum atomic E-state index is 11.6. The van der Waals surface area contributed by atoms with Gasteiger partial charge in [-0.05, 0) is 43.7 Å². The molecule has 10 nitrogen and oxygen atoms in total. The van der Waals surface area contributed by atoms with E-state index in [4.69, 9.17) is 4.42 Å². The monoisotopic (exact) mass is 440 g/mol. The molecule has 160 valence electrons. The van der Waals surface area contributed by atoms with Gasteiger partial charge in [-0.3, -0.25) is 9.71 Å². The number of aromatic nitrogens is 3. The van der Waals surface area contributed by atoms with Crippen molar-refractivity contribution in [2.75, 3.05) is 21.6 Å². The van der Waals surface area contributed by atoms with Crippen LogP contribution in [-0.2, 0) is 10.0 Å². The summed E-state index contributed by atoms with van der Waals surface area (Å²) in [5, 5.41) is 6.27. The standard InChI is InChI=1S/C20H20N6O4S/c1-11-4-5-13(8-16(11)26-31(3,28)29)23-19-21-10-12(2)18(25-19)22-14-6-7-15-17(9-14)30-20(27)24-15/h4-10,26H,1-3H3,(H,24,27)(H2,21,22,23,25). The number of H-pyrrole nitrogens is 1. The zero-order chi connectivity index (χ0) is 22.2. The van der Waals surface area contributed by atoms with E-state index in [1.54, 1.807) is 42.6 Å². The van der Waals surface area contributed by atoms with E-state index in [2.05, 4.69) is 30.3 Å². The summed E-state index contributed by atoms with van der Waals surface area (Å²) in [5.41, 5.74) is 4.43. The van der Waals surface area contributed by atoms with Gasteiger partial charge >= 0.3 is 5.76 Å². The first-order valence-corrected chi connectivity index (χ1v) is 11.1. The Morgan fingerprint density at radius 2 is 1.74 bits per heavy atom. The zero-order valence-electron chi connectivity index (χ0n) is 17.0. The third-order valence-electron chi connectivity index (χ3n) is 4.44. The Morgan fingerprint density at radius 1 is 1.00 bits per heavy atom. The van der Waals surface area contributed by atoms with Crippen molar-refractivity contribution < 1.29 is 12.8 Å². The van der Waals surface area contributed by atoms with Crippen LogP contribution in [0.3, 0.4) is 0 Å². The summed E-state index contributed by atoms with van der Waals surface area (Å²) in [6, 6.07) is 10.5. The van der Waals surface area contributed by atoms with E-state index in [1.807, 2.05) is 13.8 Å². The van der Waals surface area contributed by atoms with Gasteiger partial charge in [0.25, 0.3) is 0 Å². The summed E-state index contributed by atoms with van der Waals surface area (Å²) in [7, 11) is -3.40. The fourth-order valence-electron chi connectivity index (χ4n) is 2.93. The molecule has 0 fully saturated rings. The highest BCUT2D eigenvalue weighted by Gasteiger charge is 2.10. The smallest absolute Gasteiger partial charge is 0.408 e. The highest BCUT2D eigenvalue weighted by Crippen LogP contribution is 2.25. The second-order valence-corrected chi connectivity index (χ2v) is 8.85. The molecule has 0 unspecified atom stereocenters. The van der Waals surface area contributed by atoms with Crippen molar-refractivity contribution in [1.29, 1.82) is 0 Å². The molecular formula is C20H20N6O4S. The lowest BCUT2D eigenvalue weighted by atomic mass is 10.2. The number of aryl methyl sites for hydroxylation is 2. The van der Waals surface area contributed by atoms with Crippen LogP contribution in [0, 0.1) is 13.8 Å². The maximum Gasteiger partial charge on any atom is 0.417 e. The molecule has 0 saturated carbocycles. The minimum atomic E-state index is -3.40. The summed E-state index contributed by atoms with van der Waals surface area (Å²) < 4.78 is 30.7. The summed E-state index contributed by atoms with van der Waals surface area (Å²) in [6.07, 6.45) is 2.76. The van der Waals surface area contributed by atoms with Crippen molar-refractivity contribution in [2.45, 2.75) is 13.8 Å². The molecule has 2 aromatic carbocycles. The molecule has 0 aliphatic carbocycles. The van der Waals surface area contributed by atoms with E-state index in [0.717, 1.165) is 17.4 Å². The molecule has 0 amide bonds. The van der Waals surface area contributed by atoms with Crippen molar-refractivity contribution in [2.24, 2.45) is 0 Å². The number of oxazole rings is 1. The molecule has 0 aliphatic heterocycles. The topological polar surface area (TPSA) is 142 Å². The second-order valence-electron chi connectivity index (χ2n) is 7.10. The number of nitrogens with zero attached hydrogens (tertiary/aromatic N) is 2. The Balaban J connectivity index is 1.59. The summed E-state index contributed by atoms with van der Waals surface area (Å²) in [4.78, 5) is 22.7. The Hall–Kier alpha value is -3.86. The van der Waals surface area contributed by atoms with E-state index in [9.17, 15) is 13.2 Å². The molecule has 2 heterocycles. The number of benzene rings is 2.